The first kappa shape index (κ1) is 32.2. The first-order valence-corrected chi connectivity index (χ1v) is 13.9. The lowest BCUT2D eigenvalue weighted by atomic mass is 9.85. The molecule has 1 aliphatic carbocycles. The number of H-pyrrole nitrogens is 1. The molecule has 0 bridgehead atoms. The molecule has 1 aromatic carbocycles. The minimum absolute atomic E-state index is 0.0480. The fraction of sp³-hybridized carbons (Fsp3) is 0.444. The predicted octanol–water partition coefficient (Wildman–Crippen LogP) is 5.88. The van der Waals surface area contributed by atoms with Gasteiger partial charge in [-0.3, -0.25) is 9.59 Å². The molecule has 4 rings (SSSR count). The second-order valence-electron chi connectivity index (χ2n) is 9.95. The third kappa shape index (κ3) is 8.23. The van der Waals surface area contributed by atoms with Crippen LogP contribution in [0.15, 0.2) is 18.2 Å². The van der Waals surface area contributed by atoms with Crippen LogP contribution in [0.25, 0.3) is 11.2 Å². The maximum Gasteiger partial charge on any atom is 0.391 e. The van der Waals surface area contributed by atoms with Crippen molar-refractivity contribution in [3.8, 4) is 11.9 Å². The highest BCUT2D eigenvalue weighted by Gasteiger charge is 2.41. The fourth-order valence-electron chi connectivity index (χ4n) is 4.74. The number of aromatic amines is 1. The molecule has 0 aliphatic heterocycles. The fourth-order valence-corrected chi connectivity index (χ4v) is 5.31. The Bertz CT molecular complexity index is 1530. The molecule has 3 N–H and O–H groups in total. The molecule has 0 unspecified atom stereocenters. The van der Waals surface area contributed by atoms with Crippen LogP contribution in [0.2, 0.25) is 10.0 Å². The molecular formula is C27H25Cl2F5N6O3. The third-order valence-electron chi connectivity index (χ3n) is 6.93. The molecular weight excluding hydrogens is 622 g/mol. The van der Waals surface area contributed by atoms with Crippen LogP contribution in [0.3, 0.4) is 0 Å². The second-order valence-corrected chi connectivity index (χ2v) is 10.7. The number of benzene rings is 1. The molecule has 0 spiro atoms. The van der Waals surface area contributed by atoms with Gasteiger partial charge in [-0.2, -0.15) is 23.4 Å². The van der Waals surface area contributed by atoms with Crippen LogP contribution < -0.4 is 15.4 Å². The largest absolute Gasteiger partial charge is 0.471 e. The van der Waals surface area contributed by atoms with Gasteiger partial charge in [-0.15, -0.1) is 0 Å². The highest BCUT2D eigenvalue weighted by molar-refractivity contribution is 6.36. The molecule has 0 atom stereocenters. The minimum atomic E-state index is -4.30. The summed E-state index contributed by atoms with van der Waals surface area (Å²) in [4.78, 5) is 36.3. The molecule has 16 heteroatoms. The van der Waals surface area contributed by atoms with Crippen molar-refractivity contribution < 1.29 is 36.3 Å². The number of rotatable bonds is 10. The summed E-state index contributed by atoms with van der Waals surface area (Å²) in [5.41, 5.74) is 1.11. The van der Waals surface area contributed by atoms with E-state index >= 15 is 0 Å². The number of nitrogens with zero attached hydrogens (tertiary/aromatic N) is 3. The first-order chi connectivity index (χ1) is 20.3. The van der Waals surface area contributed by atoms with Crippen LogP contribution in [-0.2, 0) is 17.8 Å². The SMILES string of the molecule is N#CCC(=O)NCc1ccc(Cl)c(Cc2nc3nc(OCC(F)F)c(C(=O)NC4CCC(C(F)(F)F)CC4)cc3[nH]2)c1Cl. The molecule has 1 saturated carbocycles. The molecule has 2 amide bonds. The molecule has 0 radical (unpaired) electrons. The zero-order valence-corrected chi connectivity index (χ0v) is 23.8. The lowest BCUT2D eigenvalue weighted by Crippen LogP contribution is -2.40. The summed E-state index contributed by atoms with van der Waals surface area (Å²) in [7, 11) is 0. The van der Waals surface area contributed by atoms with Crippen LogP contribution in [0.5, 0.6) is 5.88 Å². The summed E-state index contributed by atoms with van der Waals surface area (Å²) >= 11 is 12.9. The number of hydrogen-bond acceptors (Lipinski definition) is 6. The first-order valence-electron chi connectivity index (χ1n) is 13.1. The number of pyridine rings is 1. The quantitative estimate of drug-likeness (QED) is 0.236. The van der Waals surface area contributed by atoms with E-state index < -0.39 is 48.9 Å². The standard InChI is InChI=1S/C27H25Cl2F5N6O3/c28-18-6-1-13(11-36-22(41)7-8-35)23(29)16(18)10-21-38-19-9-17(26(40-24(19)39-21)43-12-20(30)31)25(42)37-15-4-2-14(3-5-15)27(32,33)34/h1,6,9,14-15,20H,2-5,7,10-12H2,(H,36,41)(H,37,42)(H,38,39,40). The average Bonchev–Trinajstić information content (AvgIpc) is 3.34. The van der Waals surface area contributed by atoms with E-state index in [9.17, 15) is 31.5 Å². The van der Waals surface area contributed by atoms with Gasteiger partial charge in [0.15, 0.2) is 12.3 Å². The maximum absolute atomic E-state index is 13.1. The second kappa shape index (κ2) is 13.7. The lowest BCUT2D eigenvalue weighted by molar-refractivity contribution is -0.182. The summed E-state index contributed by atoms with van der Waals surface area (Å²) in [6.45, 7) is -0.998. The van der Waals surface area contributed by atoms with Gasteiger partial charge < -0.3 is 20.4 Å². The molecule has 2 aromatic heterocycles. The number of amides is 2. The predicted molar refractivity (Wildman–Crippen MR) is 146 cm³/mol. The number of ether oxygens (including phenoxy) is 1. The van der Waals surface area contributed by atoms with Crippen LogP contribution in [0.4, 0.5) is 22.0 Å². The molecule has 2 heterocycles. The number of carbonyl (C=O) groups is 2. The van der Waals surface area contributed by atoms with Crippen molar-refractivity contribution in [3.63, 3.8) is 0 Å². The Morgan fingerprint density at radius 3 is 2.53 bits per heavy atom. The van der Waals surface area contributed by atoms with Gasteiger partial charge in [0.2, 0.25) is 11.8 Å². The number of nitrogens with one attached hydrogen (secondary N) is 3. The Balaban J connectivity index is 1.56. The smallest absolute Gasteiger partial charge is 0.391 e. The van der Waals surface area contributed by atoms with Gasteiger partial charge in [0.05, 0.1) is 22.5 Å². The number of alkyl halides is 5. The highest BCUT2D eigenvalue weighted by Crippen LogP contribution is 2.38. The van der Waals surface area contributed by atoms with Crippen molar-refractivity contribution in [2.45, 2.75) is 63.7 Å². The van der Waals surface area contributed by atoms with Gasteiger partial charge in [-0.05, 0) is 48.9 Å². The van der Waals surface area contributed by atoms with Gasteiger partial charge >= 0.3 is 6.18 Å². The van der Waals surface area contributed by atoms with E-state index in [1.165, 1.54) is 6.07 Å². The lowest BCUT2D eigenvalue weighted by Gasteiger charge is -2.30. The number of aromatic nitrogens is 3. The van der Waals surface area contributed by atoms with Gasteiger partial charge in [0, 0.05) is 24.0 Å². The molecule has 0 saturated heterocycles. The molecule has 230 valence electrons. The molecule has 43 heavy (non-hydrogen) atoms. The minimum Gasteiger partial charge on any atom is -0.471 e. The Morgan fingerprint density at radius 1 is 1.16 bits per heavy atom. The molecule has 9 nitrogen and oxygen atoms in total. The van der Waals surface area contributed by atoms with E-state index in [4.69, 9.17) is 33.2 Å². The number of imidazole rings is 1. The van der Waals surface area contributed by atoms with Crippen molar-refractivity contribution in [3.05, 3.63) is 50.8 Å². The normalized spacial score (nSPS) is 17.1. The Kier molecular flexibility index (Phi) is 10.3. The third-order valence-corrected chi connectivity index (χ3v) is 7.75. The maximum atomic E-state index is 13.1. The molecule has 3 aromatic rings. The summed E-state index contributed by atoms with van der Waals surface area (Å²) in [5, 5.41) is 14.4. The summed E-state index contributed by atoms with van der Waals surface area (Å²) in [6, 6.07) is 5.73. The number of carbonyl (C=O) groups excluding carboxylic acids is 2. The van der Waals surface area contributed by atoms with Crippen molar-refractivity contribution in [1.82, 2.24) is 25.6 Å². The van der Waals surface area contributed by atoms with Crippen molar-refractivity contribution in [2.24, 2.45) is 5.92 Å². The number of halogens is 7. The number of hydrogen-bond donors (Lipinski definition) is 3. The zero-order valence-electron chi connectivity index (χ0n) is 22.3. The van der Waals surface area contributed by atoms with Crippen LogP contribution in [0.1, 0.15) is 59.4 Å². The van der Waals surface area contributed by atoms with Gasteiger partial charge in [-0.25, -0.2) is 13.8 Å². The van der Waals surface area contributed by atoms with E-state index in [2.05, 4.69) is 25.6 Å². The topological polar surface area (TPSA) is 133 Å². The van der Waals surface area contributed by atoms with Crippen molar-refractivity contribution >= 4 is 46.2 Å². The Morgan fingerprint density at radius 2 is 1.88 bits per heavy atom. The summed E-state index contributed by atoms with van der Waals surface area (Å²) < 4.78 is 70.0. The number of fused-ring (bicyclic) bond motifs is 1. The van der Waals surface area contributed by atoms with Crippen LogP contribution >= 0.6 is 23.2 Å². The van der Waals surface area contributed by atoms with Gasteiger partial charge in [-0.1, -0.05) is 29.3 Å². The molecule has 1 fully saturated rings. The van der Waals surface area contributed by atoms with E-state index in [1.54, 1.807) is 18.2 Å². The van der Waals surface area contributed by atoms with Gasteiger partial charge in [0.25, 0.3) is 12.3 Å². The van der Waals surface area contributed by atoms with Crippen molar-refractivity contribution in [1.29, 1.82) is 5.26 Å². The van der Waals surface area contributed by atoms with E-state index in [0.29, 0.717) is 22.0 Å². The van der Waals surface area contributed by atoms with Gasteiger partial charge in [0.1, 0.15) is 17.8 Å². The average molecular weight is 647 g/mol. The summed E-state index contributed by atoms with van der Waals surface area (Å²) in [6.07, 6.45) is -7.47. The number of nitriles is 1. The van der Waals surface area contributed by atoms with E-state index in [-0.39, 0.29) is 66.8 Å². The highest BCUT2D eigenvalue weighted by atomic mass is 35.5. The zero-order chi connectivity index (χ0) is 31.3. The van der Waals surface area contributed by atoms with Crippen LogP contribution in [-0.4, -0.2) is 52.0 Å². The van der Waals surface area contributed by atoms with Crippen molar-refractivity contribution in [2.75, 3.05) is 6.61 Å². The molecule has 1 aliphatic rings. The van der Waals surface area contributed by atoms with E-state index in [0.717, 1.165) is 0 Å². The Hall–Kier alpha value is -3.70. The Labute approximate surface area is 252 Å². The van der Waals surface area contributed by atoms with E-state index in [1.807, 2.05) is 0 Å². The summed E-state index contributed by atoms with van der Waals surface area (Å²) in [5.74, 6) is -2.74. The monoisotopic (exact) mass is 646 g/mol. The van der Waals surface area contributed by atoms with Crippen LogP contribution in [0, 0.1) is 17.2 Å².